The van der Waals surface area contributed by atoms with E-state index >= 15 is 0 Å². The van der Waals surface area contributed by atoms with Crippen LogP contribution in [0.15, 0.2) is 0 Å². The summed E-state index contributed by atoms with van der Waals surface area (Å²) in [6.07, 6.45) is 50.9. The Bertz CT molecular complexity index is 993. The summed E-state index contributed by atoms with van der Waals surface area (Å²) in [4.78, 5) is 38.1. The lowest BCUT2D eigenvalue weighted by atomic mass is 9.99. The zero-order valence-electron chi connectivity index (χ0n) is 44.1. The van der Waals surface area contributed by atoms with E-state index in [1.807, 2.05) is 0 Å². The van der Waals surface area contributed by atoms with Gasteiger partial charge in [-0.3, -0.25) is 14.4 Å². The first-order valence-corrected chi connectivity index (χ1v) is 28.6. The molecular weight excluding hydrogens is 793 g/mol. The highest BCUT2D eigenvalue weighted by Crippen LogP contribution is 2.19. The van der Waals surface area contributed by atoms with Crippen LogP contribution in [0.1, 0.15) is 318 Å². The van der Waals surface area contributed by atoms with Crippen LogP contribution in [0.5, 0.6) is 0 Å². The third-order valence-electron chi connectivity index (χ3n) is 13.5. The molecule has 0 saturated carbocycles. The number of carbonyl (C=O) groups excluding carboxylic acids is 3. The van der Waals surface area contributed by atoms with Crippen molar-refractivity contribution in [2.75, 3.05) is 13.2 Å². The molecule has 0 rings (SSSR count). The normalized spacial score (nSPS) is 12.6. The van der Waals surface area contributed by atoms with Crippen LogP contribution in [0.3, 0.4) is 0 Å². The average molecular weight is 906 g/mol. The Labute approximate surface area is 399 Å². The maximum absolute atomic E-state index is 12.8. The molecule has 0 aliphatic rings. The van der Waals surface area contributed by atoms with Crippen molar-refractivity contribution in [1.29, 1.82) is 0 Å². The maximum Gasteiger partial charge on any atom is 0.306 e. The van der Waals surface area contributed by atoms with Crippen LogP contribution in [-0.2, 0) is 28.6 Å². The monoisotopic (exact) mass is 905 g/mol. The molecule has 0 bridgehead atoms. The summed E-state index contributed by atoms with van der Waals surface area (Å²) in [5.41, 5.74) is 0. The Kier molecular flexibility index (Phi) is 48.1. The Hall–Kier alpha value is -1.59. The van der Waals surface area contributed by atoms with Crippen molar-refractivity contribution in [3.05, 3.63) is 0 Å². The molecule has 0 heterocycles. The maximum atomic E-state index is 12.8. The quantitative estimate of drug-likeness (QED) is 0.0344. The average Bonchev–Trinajstić information content (AvgIpc) is 3.27. The van der Waals surface area contributed by atoms with Crippen LogP contribution in [0.4, 0.5) is 0 Å². The topological polar surface area (TPSA) is 78.9 Å². The molecule has 6 heteroatoms. The van der Waals surface area contributed by atoms with Crippen LogP contribution in [0.25, 0.3) is 0 Å². The molecule has 2 atom stereocenters. The summed E-state index contributed by atoms with van der Waals surface area (Å²) >= 11 is 0. The lowest BCUT2D eigenvalue weighted by molar-refractivity contribution is -0.167. The van der Waals surface area contributed by atoms with Gasteiger partial charge in [0.25, 0.3) is 0 Å². The van der Waals surface area contributed by atoms with Crippen LogP contribution in [0, 0.1) is 17.8 Å². The predicted octanol–water partition coefficient (Wildman–Crippen LogP) is 18.7. The lowest BCUT2D eigenvalue weighted by Crippen LogP contribution is -2.30. The van der Waals surface area contributed by atoms with Crippen LogP contribution in [0.2, 0.25) is 0 Å². The molecule has 0 fully saturated rings. The molecule has 0 N–H and O–H groups in total. The van der Waals surface area contributed by atoms with Crippen LogP contribution < -0.4 is 0 Å². The zero-order chi connectivity index (χ0) is 47.0. The minimum atomic E-state index is -0.764. The van der Waals surface area contributed by atoms with Gasteiger partial charge in [-0.15, -0.1) is 0 Å². The van der Waals surface area contributed by atoms with Crippen molar-refractivity contribution < 1.29 is 28.6 Å². The van der Waals surface area contributed by atoms with Crippen LogP contribution in [-0.4, -0.2) is 37.2 Å². The summed E-state index contributed by atoms with van der Waals surface area (Å²) in [5.74, 6) is 1.69. The van der Waals surface area contributed by atoms with E-state index < -0.39 is 6.10 Å². The number of esters is 3. The molecule has 0 aromatic rings. The van der Waals surface area contributed by atoms with E-state index in [4.69, 9.17) is 14.2 Å². The largest absolute Gasteiger partial charge is 0.462 e. The molecule has 0 aliphatic carbocycles. The van der Waals surface area contributed by atoms with Gasteiger partial charge in [-0.05, 0) is 37.0 Å². The first kappa shape index (κ1) is 62.4. The van der Waals surface area contributed by atoms with Crippen molar-refractivity contribution in [1.82, 2.24) is 0 Å². The highest BCUT2D eigenvalue weighted by molar-refractivity contribution is 5.71. The van der Waals surface area contributed by atoms with E-state index in [-0.39, 0.29) is 31.1 Å². The predicted molar refractivity (Wildman–Crippen MR) is 275 cm³/mol. The molecule has 380 valence electrons. The third kappa shape index (κ3) is 49.8. The number of hydrogen-bond donors (Lipinski definition) is 0. The lowest BCUT2D eigenvalue weighted by Gasteiger charge is -2.18. The molecule has 1 unspecified atom stereocenters. The van der Waals surface area contributed by atoms with Crippen molar-refractivity contribution in [3.8, 4) is 0 Å². The Morgan fingerprint density at radius 3 is 0.812 bits per heavy atom. The van der Waals surface area contributed by atoms with Gasteiger partial charge in [0.2, 0.25) is 0 Å². The number of hydrogen-bond acceptors (Lipinski definition) is 6. The van der Waals surface area contributed by atoms with Gasteiger partial charge in [-0.2, -0.15) is 0 Å². The molecule has 0 radical (unpaired) electrons. The number of ether oxygens (including phenoxy) is 3. The highest BCUT2D eigenvalue weighted by atomic mass is 16.6. The number of carbonyl (C=O) groups is 3. The summed E-state index contributed by atoms with van der Waals surface area (Å²) in [6.45, 7) is 13.8. The van der Waals surface area contributed by atoms with E-state index in [0.717, 1.165) is 75.5 Å². The Balaban J connectivity index is 4.28. The smallest absolute Gasteiger partial charge is 0.306 e. The molecule has 0 aliphatic heterocycles. The summed E-state index contributed by atoms with van der Waals surface area (Å²) in [5, 5.41) is 0. The van der Waals surface area contributed by atoms with Gasteiger partial charge in [-0.25, -0.2) is 0 Å². The van der Waals surface area contributed by atoms with Gasteiger partial charge in [0.1, 0.15) is 13.2 Å². The molecule has 0 aromatic heterocycles. The van der Waals surface area contributed by atoms with Gasteiger partial charge in [-0.1, -0.05) is 279 Å². The van der Waals surface area contributed by atoms with E-state index in [1.54, 1.807) is 0 Å². The molecule has 0 saturated heterocycles. The van der Waals surface area contributed by atoms with E-state index in [9.17, 15) is 14.4 Å². The number of rotatable bonds is 51. The minimum absolute atomic E-state index is 0.0640. The van der Waals surface area contributed by atoms with E-state index in [0.29, 0.717) is 19.3 Å². The Morgan fingerprint density at radius 2 is 0.547 bits per heavy atom. The second kappa shape index (κ2) is 49.3. The van der Waals surface area contributed by atoms with Crippen molar-refractivity contribution in [3.63, 3.8) is 0 Å². The number of unbranched alkanes of at least 4 members (excludes halogenated alkanes) is 33. The van der Waals surface area contributed by atoms with Crippen molar-refractivity contribution >= 4 is 17.9 Å². The summed E-state index contributed by atoms with van der Waals surface area (Å²) in [7, 11) is 0. The first-order valence-electron chi connectivity index (χ1n) is 28.6. The minimum Gasteiger partial charge on any atom is -0.462 e. The Morgan fingerprint density at radius 1 is 0.312 bits per heavy atom. The molecular formula is C58H112O6. The van der Waals surface area contributed by atoms with Crippen molar-refractivity contribution in [2.24, 2.45) is 17.8 Å². The fourth-order valence-electron chi connectivity index (χ4n) is 8.79. The molecule has 0 aromatic carbocycles. The third-order valence-corrected chi connectivity index (χ3v) is 13.5. The SMILES string of the molecule is CCC(C)CCCCCCCCCCC(=O)O[C@H](COC(=O)CCCCCCCCCCCCCCCCCC(C)C)COC(=O)CCCCCCCCCCCCCCCC(C)C. The molecule has 0 amide bonds. The summed E-state index contributed by atoms with van der Waals surface area (Å²) in [6, 6.07) is 0. The van der Waals surface area contributed by atoms with Gasteiger partial charge in [0, 0.05) is 19.3 Å². The molecule has 6 nitrogen and oxygen atoms in total. The van der Waals surface area contributed by atoms with E-state index in [1.165, 1.54) is 199 Å². The summed E-state index contributed by atoms with van der Waals surface area (Å²) < 4.78 is 16.9. The molecule has 64 heavy (non-hydrogen) atoms. The van der Waals surface area contributed by atoms with Crippen molar-refractivity contribution in [2.45, 2.75) is 324 Å². The van der Waals surface area contributed by atoms with Gasteiger partial charge in [0.15, 0.2) is 6.10 Å². The molecule has 0 spiro atoms. The van der Waals surface area contributed by atoms with Gasteiger partial charge in [0.05, 0.1) is 0 Å². The van der Waals surface area contributed by atoms with Gasteiger partial charge >= 0.3 is 17.9 Å². The second-order valence-electron chi connectivity index (χ2n) is 21.1. The first-order chi connectivity index (χ1) is 31.1. The van der Waals surface area contributed by atoms with Crippen LogP contribution >= 0.6 is 0 Å². The van der Waals surface area contributed by atoms with E-state index in [2.05, 4.69) is 41.5 Å². The second-order valence-corrected chi connectivity index (χ2v) is 21.1. The van der Waals surface area contributed by atoms with Gasteiger partial charge < -0.3 is 14.2 Å². The standard InChI is InChI=1S/C58H112O6/c1-7-54(6)46-40-34-28-24-25-31-37-43-49-58(61)64-55(51-63-57(60)48-42-36-30-23-19-15-11-13-17-21-27-33-39-45-53(4)5)50-62-56(59)47-41-35-29-22-18-14-10-8-9-12-16-20-26-32-38-44-52(2)3/h52-55H,7-51H2,1-6H3/t54?,55-/m1/s1. The fraction of sp³-hybridized carbons (Fsp3) is 0.948. The fourth-order valence-corrected chi connectivity index (χ4v) is 8.79. The highest BCUT2D eigenvalue weighted by Gasteiger charge is 2.19. The zero-order valence-corrected chi connectivity index (χ0v) is 44.1.